The lowest BCUT2D eigenvalue weighted by atomic mass is 9.87. The Morgan fingerprint density at radius 3 is 2.60 bits per heavy atom. The van der Waals surface area contributed by atoms with Gasteiger partial charge >= 0.3 is 0 Å². The van der Waals surface area contributed by atoms with Gasteiger partial charge in [0.1, 0.15) is 5.82 Å². The van der Waals surface area contributed by atoms with Crippen molar-refractivity contribution in [3.05, 3.63) is 89.1 Å². The fourth-order valence-electron chi connectivity index (χ4n) is 3.96. The van der Waals surface area contributed by atoms with E-state index in [2.05, 4.69) is 27.8 Å². The summed E-state index contributed by atoms with van der Waals surface area (Å²) in [6.45, 7) is 1.36. The number of rotatable bonds is 7. The van der Waals surface area contributed by atoms with E-state index < -0.39 is 9.84 Å². The summed E-state index contributed by atoms with van der Waals surface area (Å²) in [5.41, 5.74) is 4.21. The minimum atomic E-state index is -3.18. The Morgan fingerprint density at radius 1 is 1.07 bits per heavy atom. The topological polar surface area (TPSA) is 91.3 Å². The van der Waals surface area contributed by atoms with Crippen molar-refractivity contribution in [2.75, 3.05) is 18.1 Å². The standard InChI is InChI=1S/C23H25N3O3S/c1-30(28,29)19-9-7-16(8-10-19)13-24-14-21-22(18-5-2-4-17(12-18)15-27)20-6-3-11-25-23(20)26-21/h2-12,21-22,24,27H,13-15H2,1H3,(H,25,26). The monoisotopic (exact) mass is 423 g/mol. The molecule has 3 N–H and O–H groups in total. The maximum absolute atomic E-state index is 11.6. The second kappa shape index (κ2) is 8.55. The maximum atomic E-state index is 11.6. The summed E-state index contributed by atoms with van der Waals surface area (Å²) in [5, 5.41) is 16.5. The first-order valence-corrected chi connectivity index (χ1v) is 11.8. The van der Waals surface area contributed by atoms with E-state index in [1.807, 2.05) is 36.4 Å². The number of pyridine rings is 1. The van der Waals surface area contributed by atoms with Crippen LogP contribution in [0.15, 0.2) is 71.8 Å². The average molecular weight is 424 g/mol. The molecule has 1 aliphatic rings. The number of nitrogens with one attached hydrogen (secondary N) is 2. The third kappa shape index (κ3) is 4.38. The van der Waals surface area contributed by atoms with E-state index in [0.29, 0.717) is 18.0 Å². The second-order valence-corrected chi connectivity index (χ2v) is 9.64. The summed E-state index contributed by atoms with van der Waals surface area (Å²) in [4.78, 5) is 4.81. The van der Waals surface area contributed by atoms with Gasteiger partial charge in [-0.3, -0.25) is 0 Å². The van der Waals surface area contributed by atoms with Crippen LogP contribution < -0.4 is 10.6 Å². The van der Waals surface area contributed by atoms with Crippen molar-refractivity contribution in [2.24, 2.45) is 0 Å². The molecule has 0 spiro atoms. The van der Waals surface area contributed by atoms with Gasteiger partial charge in [-0.15, -0.1) is 0 Å². The molecule has 0 saturated heterocycles. The molecule has 3 aromatic rings. The van der Waals surface area contributed by atoms with Crippen molar-refractivity contribution in [3.63, 3.8) is 0 Å². The predicted octanol–water partition coefficient (Wildman–Crippen LogP) is 2.69. The van der Waals surface area contributed by atoms with Gasteiger partial charge in [0.15, 0.2) is 9.84 Å². The van der Waals surface area contributed by atoms with Gasteiger partial charge in [0, 0.05) is 37.0 Å². The fraction of sp³-hybridized carbons (Fsp3) is 0.261. The van der Waals surface area contributed by atoms with Gasteiger partial charge in [0.25, 0.3) is 0 Å². The van der Waals surface area contributed by atoms with Crippen LogP contribution in [-0.2, 0) is 23.0 Å². The molecule has 156 valence electrons. The number of hydrogen-bond donors (Lipinski definition) is 3. The number of sulfone groups is 1. The van der Waals surface area contributed by atoms with E-state index in [1.54, 1.807) is 18.3 Å². The average Bonchev–Trinajstić information content (AvgIpc) is 3.12. The summed E-state index contributed by atoms with van der Waals surface area (Å²) in [7, 11) is -3.18. The van der Waals surface area contributed by atoms with Crippen LogP contribution in [0.3, 0.4) is 0 Å². The van der Waals surface area contributed by atoms with Crippen LogP contribution in [0, 0.1) is 0 Å². The number of aliphatic hydroxyl groups is 1. The van der Waals surface area contributed by atoms with Gasteiger partial charge in [-0.05, 0) is 34.9 Å². The van der Waals surface area contributed by atoms with Gasteiger partial charge in [-0.2, -0.15) is 0 Å². The highest BCUT2D eigenvalue weighted by Gasteiger charge is 2.33. The Morgan fingerprint density at radius 2 is 1.87 bits per heavy atom. The number of hydrogen-bond acceptors (Lipinski definition) is 6. The first-order valence-electron chi connectivity index (χ1n) is 9.86. The van der Waals surface area contributed by atoms with Gasteiger partial charge < -0.3 is 15.7 Å². The molecule has 0 saturated carbocycles. The van der Waals surface area contributed by atoms with Crippen LogP contribution in [0.1, 0.15) is 28.2 Å². The molecule has 4 rings (SSSR count). The van der Waals surface area contributed by atoms with Crippen molar-refractivity contribution in [1.82, 2.24) is 10.3 Å². The van der Waals surface area contributed by atoms with Crippen molar-refractivity contribution < 1.29 is 13.5 Å². The minimum absolute atomic E-state index is 0.0142. The molecule has 0 amide bonds. The maximum Gasteiger partial charge on any atom is 0.175 e. The number of fused-ring (bicyclic) bond motifs is 1. The third-order valence-electron chi connectivity index (χ3n) is 5.44. The van der Waals surface area contributed by atoms with Crippen LogP contribution in [0.2, 0.25) is 0 Å². The Balaban J connectivity index is 1.49. The summed E-state index contributed by atoms with van der Waals surface area (Å²) in [6, 6.07) is 19.1. The number of benzene rings is 2. The molecule has 1 aromatic heterocycles. The van der Waals surface area contributed by atoms with Crippen LogP contribution in [-0.4, -0.2) is 37.4 Å². The lowest BCUT2D eigenvalue weighted by Crippen LogP contribution is -2.34. The van der Waals surface area contributed by atoms with E-state index in [1.165, 1.54) is 6.26 Å². The van der Waals surface area contributed by atoms with E-state index in [0.717, 1.165) is 28.1 Å². The molecular formula is C23H25N3O3S. The zero-order valence-corrected chi connectivity index (χ0v) is 17.6. The normalized spacial score (nSPS) is 18.1. The molecule has 0 aliphatic carbocycles. The van der Waals surface area contributed by atoms with E-state index >= 15 is 0 Å². The van der Waals surface area contributed by atoms with Gasteiger partial charge in [-0.25, -0.2) is 13.4 Å². The highest BCUT2D eigenvalue weighted by Crippen LogP contribution is 2.39. The first-order chi connectivity index (χ1) is 14.5. The molecule has 30 heavy (non-hydrogen) atoms. The highest BCUT2D eigenvalue weighted by atomic mass is 32.2. The lowest BCUT2D eigenvalue weighted by Gasteiger charge is -2.22. The highest BCUT2D eigenvalue weighted by molar-refractivity contribution is 7.90. The molecule has 0 bridgehead atoms. The van der Waals surface area contributed by atoms with E-state index in [-0.39, 0.29) is 18.6 Å². The number of aromatic nitrogens is 1. The molecule has 1 aliphatic heterocycles. The van der Waals surface area contributed by atoms with Crippen molar-refractivity contribution in [3.8, 4) is 0 Å². The molecule has 2 atom stereocenters. The Labute approximate surface area is 176 Å². The van der Waals surface area contributed by atoms with Gasteiger partial charge in [-0.1, -0.05) is 42.5 Å². The van der Waals surface area contributed by atoms with Crippen molar-refractivity contribution in [2.45, 2.75) is 30.0 Å². The SMILES string of the molecule is CS(=O)(=O)c1ccc(CNCC2Nc3ncccc3C2c2cccc(CO)c2)cc1. The van der Waals surface area contributed by atoms with E-state index in [4.69, 9.17) is 0 Å². The predicted molar refractivity (Wildman–Crippen MR) is 117 cm³/mol. The summed E-state index contributed by atoms with van der Waals surface area (Å²) in [6.07, 6.45) is 3.00. The molecule has 7 heteroatoms. The third-order valence-corrected chi connectivity index (χ3v) is 6.56. The second-order valence-electron chi connectivity index (χ2n) is 7.62. The molecule has 2 aromatic carbocycles. The van der Waals surface area contributed by atoms with E-state index in [9.17, 15) is 13.5 Å². The van der Waals surface area contributed by atoms with Crippen molar-refractivity contribution in [1.29, 1.82) is 0 Å². The molecule has 0 fully saturated rings. The number of aliphatic hydroxyl groups excluding tert-OH is 1. The fourth-order valence-corrected chi connectivity index (χ4v) is 4.59. The largest absolute Gasteiger partial charge is 0.392 e. The Kier molecular flexibility index (Phi) is 5.85. The van der Waals surface area contributed by atoms with Gasteiger partial charge in [0.05, 0.1) is 17.5 Å². The molecular weight excluding hydrogens is 398 g/mol. The van der Waals surface area contributed by atoms with Crippen LogP contribution in [0.25, 0.3) is 0 Å². The molecule has 2 unspecified atom stereocenters. The van der Waals surface area contributed by atoms with Crippen LogP contribution >= 0.6 is 0 Å². The number of nitrogens with zero attached hydrogens (tertiary/aromatic N) is 1. The van der Waals surface area contributed by atoms with Crippen LogP contribution in [0.4, 0.5) is 5.82 Å². The van der Waals surface area contributed by atoms with Crippen molar-refractivity contribution >= 4 is 15.7 Å². The molecule has 0 radical (unpaired) electrons. The first kappa shape index (κ1) is 20.5. The van der Waals surface area contributed by atoms with Crippen LogP contribution in [0.5, 0.6) is 0 Å². The zero-order chi connectivity index (χ0) is 21.1. The summed E-state index contributed by atoms with van der Waals surface area (Å²) >= 11 is 0. The molecule has 6 nitrogen and oxygen atoms in total. The Hall–Kier alpha value is -2.74. The summed E-state index contributed by atoms with van der Waals surface area (Å²) < 4.78 is 23.2. The quantitative estimate of drug-likeness (QED) is 0.541. The lowest BCUT2D eigenvalue weighted by molar-refractivity contribution is 0.281. The zero-order valence-electron chi connectivity index (χ0n) is 16.7. The smallest absolute Gasteiger partial charge is 0.175 e. The van der Waals surface area contributed by atoms with Gasteiger partial charge in [0.2, 0.25) is 0 Å². The summed E-state index contributed by atoms with van der Waals surface area (Å²) in [5.74, 6) is 1.02. The molecule has 2 heterocycles. The Bertz CT molecular complexity index is 1130. The minimum Gasteiger partial charge on any atom is -0.392 e. The number of anilines is 1.